The van der Waals surface area contributed by atoms with Crippen molar-refractivity contribution in [2.24, 2.45) is 0 Å². The summed E-state index contributed by atoms with van der Waals surface area (Å²) in [6.45, 7) is 0.139. The van der Waals surface area contributed by atoms with Crippen LogP contribution in [0.4, 0.5) is 5.69 Å². The molecule has 6 nitrogen and oxygen atoms in total. The number of aromatic amines is 1. The van der Waals surface area contributed by atoms with Crippen LogP contribution >= 0.6 is 23.2 Å². The number of benzene rings is 1. The molecule has 0 aliphatic heterocycles. The van der Waals surface area contributed by atoms with E-state index in [1.54, 1.807) is 18.2 Å². The Balaban J connectivity index is 2.01. The van der Waals surface area contributed by atoms with Gasteiger partial charge in [0.25, 0.3) is 5.56 Å². The van der Waals surface area contributed by atoms with Crippen LogP contribution in [-0.2, 0) is 11.3 Å². The SMILES string of the molecule is O=C(CCn1ccc(=O)[nH]c1=O)Nc1cccc(Cl)c1Cl. The summed E-state index contributed by atoms with van der Waals surface area (Å²) >= 11 is 11.8. The molecule has 2 N–H and O–H groups in total. The number of nitrogens with one attached hydrogen (secondary N) is 2. The van der Waals surface area contributed by atoms with Gasteiger partial charge in [-0.1, -0.05) is 29.3 Å². The number of H-pyrrole nitrogens is 1. The highest BCUT2D eigenvalue weighted by Gasteiger charge is 2.08. The highest BCUT2D eigenvalue weighted by molar-refractivity contribution is 6.43. The van der Waals surface area contributed by atoms with E-state index in [4.69, 9.17) is 23.2 Å². The molecule has 1 amide bonds. The number of anilines is 1. The number of nitrogens with zero attached hydrogens (tertiary/aromatic N) is 1. The summed E-state index contributed by atoms with van der Waals surface area (Å²) in [5.74, 6) is -0.322. The molecular formula is C13H11Cl2N3O3. The summed E-state index contributed by atoms with van der Waals surface area (Å²) in [6, 6.07) is 6.11. The Morgan fingerprint density at radius 2 is 2.00 bits per heavy atom. The van der Waals surface area contributed by atoms with Crippen LogP contribution in [0.2, 0.25) is 10.0 Å². The molecule has 0 bridgehead atoms. The van der Waals surface area contributed by atoms with Crippen molar-refractivity contribution in [1.82, 2.24) is 9.55 Å². The molecule has 2 aromatic rings. The zero-order valence-electron chi connectivity index (χ0n) is 10.7. The van der Waals surface area contributed by atoms with Crippen LogP contribution in [0.5, 0.6) is 0 Å². The molecular weight excluding hydrogens is 317 g/mol. The van der Waals surface area contributed by atoms with Crippen LogP contribution in [0.25, 0.3) is 0 Å². The van der Waals surface area contributed by atoms with Gasteiger partial charge in [0.2, 0.25) is 5.91 Å². The average Bonchev–Trinajstić information content (AvgIpc) is 2.43. The molecule has 0 radical (unpaired) electrons. The molecule has 0 aliphatic carbocycles. The molecule has 0 saturated heterocycles. The van der Waals surface area contributed by atoms with Gasteiger partial charge in [0.05, 0.1) is 15.7 Å². The van der Waals surface area contributed by atoms with Crippen molar-refractivity contribution in [3.05, 3.63) is 61.3 Å². The lowest BCUT2D eigenvalue weighted by Gasteiger charge is -2.08. The van der Waals surface area contributed by atoms with Gasteiger partial charge in [-0.3, -0.25) is 14.6 Å². The highest BCUT2D eigenvalue weighted by Crippen LogP contribution is 2.29. The number of hydrogen-bond donors (Lipinski definition) is 2. The fraction of sp³-hybridized carbons (Fsp3) is 0.154. The summed E-state index contributed by atoms with van der Waals surface area (Å²) in [5.41, 5.74) is -0.634. The van der Waals surface area contributed by atoms with Gasteiger partial charge in [0, 0.05) is 25.2 Å². The quantitative estimate of drug-likeness (QED) is 0.899. The zero-order chi connectivity index (χ0) is 15.4. The molecule has 110 valence electrons. The summed E-state index contributed by atoms with van der Waals surface area (Å²) in [6.07, 6.45) is 1.38. The van der Waals surface area contributed by atoms with Gasteiger partial charge in [-0.15, -0.1) is 0 Å². The Hall–Kier alpha value is -2.05. The molecule has 0 atom stereocenters. The van der Waals surface area contributed by atoms with Crippen LogP contribution in [0, 0.1) is 0 Å². The topological polar surface area (TPSA) is 84.0 Å². The van der Waals surface area contributed by atoms with Gasteiger partial charge < -0.3 is 9.88 Å². The van der Waals surface area contributed by atoms with E-state index in [0.29, 0.717) is 10.7 Å². The first-order valence-corrected chi connectivity index (χ1v) is 6.76. The smallest absolute Gasteiger partial charge is 0.325 e. The maximum Gasteiger partial charge on any atom is 0.328 e. The monoisotopic (exact) mass is 327 g/mol. The first-order chi connectivity index (χ1) is 9.97. The van der Waals surface area contributed by atoms with E-state index in [-0.39, 0.29) is 23.9 Å². The van der Waals surface area contributed by atoms with Crippen molar-refractivity contribution in [3.8, 4) is 0 Å². The Labute approximate surface area is 129 Å². The lowest BCUT2D eigenvalue weighted by Crippen LogP contribution is -2.29. The first-order valence-electron chi connectivity index (χ1n) is 6.01. The van der Waals surface area contributed by atoms with E-state index in [9.17, 15) is 14.4 Å². The van der Waals surface area contributed by atoms with Crippen molar-refractivity contribution in [3.63, 3.8) is 0 Å². The maximum atomic E-state index is 11.8. The Kier molecular flexibility index (Phi) is 4.82. The third-order valence-corrected chi connectivity index (χ3v) is 3.52. The molecule has 0 fully saturated rings. The van der Waals surface area contributed by atoms with Gasteiger partial charge in [-0.05, 0) is 12.1 Å². The van der Waals surface area contributed by atoms with Gasteiger partial charge in [-0.25, -0.2) is 4.79 Å². The van der Waals surface area contributed by atoms with E-state index in [2.05, 4.69) is 10.3 Å². The van der Waals surface area contributed by atoms with Gasteiger partial charge >= 0.3 is 5.69 Å². The normalized spacial score (nSPS) is 10.4. The van der Waals surface area contributed by atoms with Crippen LogP contribution in [0.3, 0.4) is 0 Å². The number of carbonyl (C=O) groups is 1. The van der Waals surface area contributed by atoms with Crippen molar-refractivity contribution < 1.29 is 4.79 Å². The van der Waals surface area contributed by atoms with Crippen molar-refractivity contribution in [2.75, 3.05) is 5.32 Å². The summed E-state index contributed by atoms with van der Waals surface area (Å²) in [7, 11) is 0. The minimum absolute atomic E-state index is 0.0504. The van der Waals surface area contributed by atoms with Gasteiger partial charge in [-0.2, -0.15) is 0 Å². The van der Waals surface area contributed by atoms with Crippen molar-refractivity contribution in [1.29, 1.82) is 0 Å². The van der Waals surface area contributed by atoms with Gasteiger partial charge in [0.1, 0.15) is 0 Å². The standard InChI is InChI=1S/C13H11Cl2N3O3/c14-8-2-1-3-9(12(8)15)16-10(19)4-6-18-7-5-11(20)17-13(18)21/h1-3,5,7H,4,6H2,(H,16,19)(H,17,20,21). The first kappa shape index (κ1) is 15.3. The number of carbonyl (C=O) groups excluding carboxylic acids is 1. The number of rotatable bonds is 4. The number of halogens is 2. The predicted molar refractivity (Wildman–Crippen MR) is 81.0 cm³/mol. The molecule has 1 heterocycles. The molecule has 8 heteroatoms. The number of aromatic nitrogens is 2. The molecule has 21 heavy (non-hydrogen) atoms. The van der Waals surface area contributed by atoms with Crippen molar-refractivity contribution >= 4 is 34.8 Å². The molecule has 1 aromatic heterocycles. The largest absolute Gasteiger partial charge is 0.328 e. The van der Waals surface area contributed by atoms with Crippen LogP contribution in [-0.4, -0.2) is 15.5 Å². The third kappa shape index (κ3) is 3.96. The van der Waals surface area contributed by atoms with Crippen LogP contribution in [0.15, 0.2) is 40.1 Å². The molecule has 1 aromatic carbocycles. The zero-order valence-corrected chi connectivity index (χ0v) is 12.2. The lowest BCUT2D eigenvalue weighted by atomic mass is 10.3. The van der Waals surface area contributed by atoms with Crippen LogP contribution in [0.1, 0.15) is 6.42 Å². The molecule has 0 spiro atoms. The fourth-order valence-electron chi connectivity index (χ4n) is 1.66. The Bertz CT molecular complexity index is 783. The fourth-order valence-corrected chi connectivity index (χ4v) is 2.00. The summed E-state index contributed by atoms with van der Waals surface area (Å²) in [4.78, 5) is 36.3. The second-order valence-corrected chi connectivity index (χ2v) is 4.99. The molecule has 0 unspecified atom stereocenters. The van der Waals surface area contributed by atoms with E-state index in [1.165, 1.54) is 16.8 Å². The summed E-state index contributed by atoms with van der Waals surface area (Å²) in [5, 5.41) is 3.21. The number of amides is 1. The Morgan fingerprint density at radius 3 is 2.71 bits per heavy atom. The number of hydrogen-bond acceptors (Lipinski definition) is 3. The Morgan fingerprint density at radius 1 is 1.24 bits per heavy atom. The van der Waals surface area contributed by atoms with E-state index < -0.39 is 11.2 Å². The second kappa shape index (κ2) is 6.60. The van der Waals surface area contributed by atoms with E-state index in [1.807, 2.05) is 0 Å². The highest BCUT2D eigenvalue weighted by atomic mass is 35.5. The van der Waals surface area contributed by atoms with E-state index >= 15 is 0 Å². The molecule has 0 saturated carbocycles. The number of aryl methyl sites for hydroxylation is 1. The average molecular weight is 328 g/mol. The summed E-state index contributed by atoms with van der Waals surface area (Å²) < 4.78 is 1.24. The second-order valence-electron chi connectivity index (χ2n) is 4.20. The van der Waals surface area contributed by atoms with Crippen LogP contribution < -0.4 is 16.6 Å². The van der Waals surface area contributed by atoms with Crippen molar-refractivity contribution in [2.45, 2.75) is 13.0 Å². The van der Waals surface area contributed by atoms with E-state index in [0.717, 1.165) is 0 Å². The molecule has 0 aliphatic rings. The lowest BCUT2D eigenvalue weighted by molar-refractivity contribution is -0.116. The maximum absolute atomic E-state index is 11.8. The molecule has 2 rings (SSSR count). The van der Waals surface area contributed by atoms with Gasteiger partial charge in [0.15, 0.2) is 0 Å². The minimum Gasteiger partial charge on any atom is -0.325 e. The predicted octanol–water partition coefficient (Wildman–Crippen LogP) is 1.87. The third-order valence-electron chi connectivity index (χ3n) is 2.70. The minimum atomic E-state index is -0.559.